The predicted octanol–water partition coefficient (Wildman–Crippen LogP) is 4.22. The fourth-order valence-corrected chi connectivity index (χ4v) is 4.16. The molecule has 1 N–H and O–H groups in total. The lowest BCUT2D eigenvalue weighted by Crippen LogP contribution is -2.28. The summed E-state index contributed by atoms with van der Waals surface area (Å²) in [4.78, 5) is 28.1. The van der Waals surface area contributed by atoms with Crippen LogP contribution in [0.5, 0.6) is 11.5 Å². The molecule has 0 saturated heterocycles. The first-order chi connectivity index (χ1) is 14.1. The smallest absolute Gasteiger partial charge is 0.268 e. The monoisotopic (exact) mass is 408 g/mol. The number of methoxy groups -OCH3 is 2. The highest BCUT2D eigenvalue weighted by molar-refractivity contribution is 7.12. The van der Waals surface area contributed by atoms with Crippen molar-refractivity contribution in [1.82, 2.24) is 0 Å². The first-order valence-corrected chi connectivity index (χ1v) is 10.0. The minimum atomic E-state index is -0.316. The Morgan fingerprint density at radius 2 is 1.79 bits per heavy atom. The minimum Gasteiger partial charge on any atom is -0.496 e. The third-order valence-corrected chi connectivity index (χ3v) is 5.72. The van der Waals surface area contributed by atoms with Crippen molar-refractivity contribution in [2.24, 2.45) is 0 Å². The molecule has 0 unspecified atom stereocenters. The maximum atomic E-state index is 12.9. The molecule has 148 valence electrons. The average molecular weight is 408 g/mol. The third-order valence-electron chi connectivity index (χ3n) is 4.86. The maximum Gasteiger partial charge on any atom is 0.268 e. The van der Waals surface area contributed by atoms with Crippen molar-refractivity contribution in [3.63, 3.8) is 0 Å². The van der Waals surface area contributed by atoms with Gasteiger partial charge >= 0.3 is 0 Å². The highest BCUT2D eigenvalue weighted by atomic mass is 32.1. The Morgan fingerprint density at radius 1 is 1.03 bits per heavy atom. The minimum absolute atomic E-state index is 0.00861. The molecular formula is C22H20N2O4S. The Labute approximate surface area is 172 Å². The van der Waals surface area contributed by atoms with Crippen LogP contribution in [0, 0.1) is 0 Å². The molecule has 0 saturated carbocycles. The number of thiophene rings is 1. The van der Waals surface area contributed by atoms with Crippen LogP contribution in [0.15, 0.2) is 53.9 Å². The number of nitrogens with zero attached hydrogens (tertiary/aromatic N) is 1. The molecule has 0 aliphatic carbocycles. The van der Waals surface area contributed by atoms with Crippen LogP contribution < -0.4 is 19.7 Å². The number of ether oxygens (including phenoxy) is 2. The van der Waals surface area contributed by atoms with Gasteiger partial charge in [0.2, 0.25) is 0 Å². The molecule has 0 radical (unpaired) electrons. The number of carbonyl (C=O) groups is 2. The van der Waals surface area contributed by atoms with Crippen molar-refractivity contribution in [2.75, 3.05) is 31.0 Å². The largest absolute Gasteiger partial charge is 0.496 e. The van der Waals surface area contributed by atoms with E-state index in [-0.39, 0.29) is 11.8 Å². The molecule has 0 bridgehead atoms. The summed E-state index contributed by atoms with van der Waals surface area (Å²) in [7, 11) is 3.03. The molecule has 2 amide bonds. The normalized spacial score (nSPS) is 12.4. The van der Waals surface area contributed by atoms with Crippen LogP contribution in [-0.2, 0) is 6.42 Å². The van der Waals surface area contributed by atoms with Crippen LogP contribution in [0.2, 0.25) is 0 Å². The second kappa shape index (κ2) is 7.97. The topological polar surface area (TPSA) is 67.9 Å². The Balaban J connectivity index is 1.57. The summed E-state index contributed by atoms with van der Waals surface area (Å²) in [6, 6.07) is 14.5. The van der Waals surface area contributed by atoms with E-state index in [1.807, 2.05) is 29.6 Å². The third kappa shape index (κ3) is 3.56. The number of anilines is 2. The Kier molecular flexibility index (Phi) is 5.22. The van der Waals surface area contributed by atoms with Gasteiger partial charge in [0, 0.05) is 17.9 Å². The second-order valence-electron chi connectivity index (χ2n) is 6.52. The molecule has 1 aliphatic heterocycles. The van der Waals surface area contributed by atoms with E-state index in [0.29, 0.717) is 29.3 Å². The lowest BCUT2D eigenvalue weighted by molar-refractivity contribution is 0.0990. The van der Waals surface area contributed by atoms with Crippen molar-refractivity contribution in [3.05, 3.63) is 69.9 Å². The number of nitrogens with one attached hydrogen (secondary N) is 1. The van der Waals surface area contributed by atoms with E-state index in [0.717, 1.165) is 22.5 Å². The van der Waals surface area contributed by atoms with Gasteiger partial charge in [-0.15, -0.1) is 11.3 Å². The van der Waals surface area contributed by atoms with E-state index in [2.05, 4.69) is 5.32 Å². The highest BCUT2D eigenvalue weighted by Gasteiger charge is 2.27. The Bertz CT molecular complexity index is 1040. The van der Waals surface area contributed by atoms with Gasteiger partial charge in [0.15, 0.2) is 0 Å². The molecule has 7 heteroatoms. The van der Waals surface area contributed by atoms with Gasteiger partial charge in [-0.25, -0.2) is 0 Å². The number of carbonyl (C=O) groups excluding carboxylic acids is 2. The van der Waals surface area contributed by atoms with E-state index in [1.165, 1.54) is 25.6 Å². The number of fused-ring (bicyclic) bond motifs is 1. The SMILES string of the molecule is COc1cccc(OC)c1C(=O)Nc1ccc2c(c1)CCN2C(=O)c1cccs1. The summed E-state index contributed by atoms with van der Waals surface area (Å²) in [6.07, 6.45) is 0.744. The van der Waals surface area contributed by atoms with E-state index < -0.39 is 0 Å². The van der Waals surface area contributed by atoms with E-state index >= 15 is 0 Å². The number of hydrogen-bond acceptors (Lipinski definition) is 5. The van der Waals surface area contributed by atoms with Crippen LogP contribution in [-0.4, -0.2) is 32.6 Å². The standard InChI is InChI=1S/C22H20N2O4S/c1-27-17-5-3-6-18(28-2)20(17)21(25)23-15-8-9-16-14(13-15)10-11-24(16)22(26)19-7-4-12-29-19/h3-9,12-13H,10-11H2,1-2H3,(H,23,25). The van der Waals surface area contributed by atoms with Crippen molar-refractivity contribution >= 4 is 34.5 Å². The van der Waals surface area contributed by atoms with Gasteiger partial charge in [-0.3, -0.25) is 9.59 Å². The molecule has 29 heavy (non-hydrogen) atoms. The average Bonchev–Trinajstić information content (AvgIpc) is 3.42. The number of hydrogen-bond donors (Lipinski definition) is 1. The summed E-state index contributed by atoms with van der Waals surface area (Å²) in [5, 5.41) is 4.81. The van der Waals surface area contributed by atoms with Gasteiger partial charge in [-0.1, -0.05) is 12.1 Å². The first-order valence-electron chi connectivity index (χ1n) is 9.13. The molecule has 4 rings (SSSR count). The van der Waals surface area contributed by atoms with E-state index in [1.54, 1.807) is 29.2 Å². The zero-order chi connectivity index (χ0) is 20.4. The molecule has 1 aromatic heterocycles. The van der Waals surface area contributed by atoms with Crippen LogP contribution in [0.1, 0.15) is 25.6 Å². The predicted molar refractivity (Wildman–Crippen MR) is 114 cm³/mol. The first kappa shape index (κ1) is 19.0. The fraction of sp³-hybridized carbons (Fsp3) is 0.182. The van der Waals surface area contributed by atoms with Crippen molar-refractivity contribution < 1.29 is 19.1 Å². The van der Waals surface area contributed by atoms with Crippen molar-refractivity contribution in [3.8, 4) is 11.5 Å². The van der Waals surface area contributed by atoms with Gasteiger partial charge < -0.3 is 19.7 Å². The van der Waals surface area contributed by atoms with Crippen LogP contribution in [0.25, 0.3) is 0 Å². The summed E-state index contributed by atoms with van der Waals surface area (Å²) < 4.78 is 10.6. The van der Waals surface area contributed by atoms with Gasteiger partial charge in [-0.05, 0) is 53.8 Å². The second-order valence-corrected chi connectivity index (χ2v) is 7.47. The molecule has 2 heterocycles. The molecule has 6 nitrogen and oxygen atoms in total. The quantitative estimate of drug-likeness (QED) is 0.686. The molecule has 3 aromatic rings. The fourth-order valence-electron chi connectivity index (χ4n) is 3.49. The van der Waals surface area contributed by atoms with Crippen molar-refractivity contribution in [2.45, 2.75) is 6.42 Å². The zero-order valence-electron chi connectivity index (χ0n) is 16.1. The molecule has 0 fully saturated rings. The van der Waals surface area contributed by atoms with Crippen molar-refractivity contribution in [1.29, 1.82) is 0 Å². The Hall–Kier alpha value is -3.32. The number of amides is 2. The molecule has 0 spiro atoms. The van der Waals surface area contributed by atoms with E-state index in [4.69, 9.17) is 9.47 Å². The van der Waals surface area contributed by atoms with Gasteiger partial charge in [0.05, 0.1) is 19.1 Å². The number of rotatable bonds is 5. The summed E-state index contributed by atoms with van der Waals surface area (Å²) >= 11 is 1.44. The summed E-state index contributed by atoms with van der Waals surface area (Å²) in [6.45, 7) is 0.629. The van der Waals surface area contributed by atoms with Crippen LogP contribution in [0.3, 0.4) is 0 Å². The maximum absolute atomic E-state index is 12.9. The molecule has 0 atom stereocenters. The zero-order valence-corrected chi connectivity index (χ0v) is 16.9. The number of benzene rings is 2. The summed E-state index contributed by atoms with van der Waals surface area (Å²) in [5.74, 6) is 0.574. The molecular weight excluding hydrogens is 388 g/mol. The summed E-state index contributed by atoms with van der Waals surface area (Å²) in [5.41, 5.74) is 2.91. The van der Waals surface area contributed by atoms with Gasteiger partial charge in [0.25, 0.3) is 11.8 Å². The lowest BCUT2D eigenvalue weighted by Gasteiger charge is -2.17. The highest BCUT2D eigenvalue weighted by Crippen LogP contribution is 2.33. The van der Waals surface area contributed by atoms with Crippen LogP contribution in [0.4, 0.5) is 11.4 Å². The van der Waals surface area contributed by atoms with Gasteiger partial charge in [0.1, 0.15) is 17.1 Å². The Morgan fingerprint density at radius 3 is 2.45 bits per heavy atom. The molecule has 1 aliphatic rings. The van der Waals surface area contributed by atoms with Crippen LogP contribution >= 0.6 is 11.3 Å². The lowest BCUT2D eigenvalue weighted by atomic mass is 10.1. The van der Waals surface area contributed by atoms with Gasteiger partial charge in [-0.2, -0.15) is 0 Å². The van der Waals surface area contributed by atoms with E-state index in [9.17, 15) is 9.59 Å². The molecule has 2 aromatic carbocycles.